The third kappa shape index (κ3) is 68.0. The largest absolute Gasteiger partial charge is 0.397 e. The zero-order valence-electron chi connectivity index (χ0n) is 4.95. The minimum Gasteiger partial charge on any atom is -0.397 e. The van der Waals surface area contributed by atoms with Crippen molar-refractivity contribution < 1.29 is 5.11 Å². The molecule has 0 spiro atoms. The fraction of sp³-hybridized carbons (Fsp3) is 1.00. The van der Waals surface area contributed by atoms with E-state index in [2.05, 4.69) is 0 Å². The Bertz CT molecular complexity index is 19.2. The van der Waals surface area contributed by atoms with Gasteiger partial charge in [0.05, 0.1) is 0 Å². The standard InChI is InChI=1S/C2H6BCl.C2H6O/c1-2-3-4;1-2-3/h3H,2H2,1H3;3H,2H2,1H3. The molecule has 0 aliphatic rings. The van der Waals surface area contributed by atoms with Crippen molar-refractivity contribution in [3.8, 4) is 0 Å². The van der Waals surface area contributed by atoms with Crippen molar-refractivity contribution >= 4 is 18.2 Å². The summed E-state index contributed by atoms with van der Waals surface area (Å²) in [7, 11) is 0. The van der Waals surface area contributed by atoms with Crippen LogP contribution >= 0.6 is 11.5 Å². The van der Waals surface area contributed by atoms with Crippen LogP contribution in [-0.2, 0) is 0 Å². The van der Waals surface area contributed by atoms with Crippen LogP contribution in [0.5, 0.6) is 0 Å². The summed E-state index contributed by atoms with van der Waals surface area (Å²) in [5, 5.41) is 7.57. The summed E-state index contributed by atoms with van der Waals surface area (Å²) in [6, 6.07) is 0. The zero-order chi connectivity index (χ0) is 6.12. The van der Waals surface area contributed by atoms with Gasteiger partial charge in [0.15, 0.2) is 0 Å². The molecular weight excluding hydrogens is 110 g/mol. The van der Waals surface area contributed by atoms with Crippen molar-refractivity contribution in [1.29, 1.82) is 0 Å². The topological polar surface area (TPSA) is 20.2 Å². The molecule has 0 aromatic carbocycles. The molecule has 0 rings (SSSR count). The summed E-state index contributed by atoms with van der Waals surface area (Å²) in [5.41, 5.74) is 0. The highest BCUT2D eigenvalue weighted by atomic mass is 35.5. The maximum absolute atomic E-state index is 7.57. The Hall–Kier alpha value is 0.315. The van der Waals surface area contributed by atoms with E-state index in [9.17, 15) is 0 Å². The molecule has 0 saturated carbocycles. The summed E-state index contributed by atoms with van der Waals surface area (Å²) in [6.07, 6.45) is 1.08. The Morgan fingerprint density at radius 1 is 1.57 bits per heavy atom. The lowest BCUT2D eigenvalue weighted by atomic mass is 10.1. The molecule has 0 fully saturated rings. The number of hydrogen-bond donors (Lipinski definition) is 1. The van der Waals surface area contributed by atoms with E-state index in [0.29, 0.717) is 0 Å². The molecule has 0 aliphatic heterocycles. The molecule has 0 heterocycles. The Balaban J connectivity index is 0. The average Bonchev–Trinajstić information content (AvgIpc) is 1.69. The zero-order valence-corrected chi connectivity index (χ0v) is 5.70. The van der Waals surface area contributed by atoms with Gasteiger partial charge in [-0.3, -0.25) is 0 Å². The lowest BCUT2D eigenvalue weighted by molar-refractivity contribution is 0.318. The Kier molecular flexibility index (Phi) is 23.9. The first-order chi connectivity index (χ1) is 3.33. The third-order valence-corrected chi connectivity index (χ3v) is 0.567. The van der Waals surface area contributed by atoms with Gasteiger partial charge in [0, 0.05) is 6.61 Å². The second-order valence-electron chi connectivity index (χ2n) is 1.01. The number of aliphatic hydroxyl groups is 1. The van der Waals surface area contributed by atoms with E-state index in [0.717, 1.165) is 13.0 Å². The molecule has 3 heteroatoms. The van der Waals surface area contributed by atoms with Crippen LogP contribution in [0.3, 0.4) is 0 Å². The summed E-state index contributed by atoms with van der Waals surface area (Å²) in [6.45, 7) is 4.77. The monoisotopic (exact) mass is 122 g/mol. The summed E-state index contributed by atoms with van der Waals surface area (Å²) in [4.78, 5) is 0. The second-order valence-corrected chi connectivity index (χ2v) is 1.38. The van der Waals surface area contributed by atoms with Crippen LogP contribution in [0.2, 0.25) is 6.32 Å². The minimum atomic E-state index is 0.250. The van der Waals surface area contributed by atoms with E-state index in [4.69, 9.17) is 16.6 Å². The fourth-order valence-electron chi connectivity index (χ4n) is 0. The molecule has 0 radical (unpaired) electrons. The van der Waals surface area contributed by atoms with E-state index in [1.54, 1.807) is 6.92 Å². The van der Waals surface area contributed by atoms with Gasteiger partial charge in [-0.15, -0.1) is 0 Å². The van der Waals surface area contributed by atoms with Gasteiger partial charge in [0.1, 0.15) is 0 Å². The van der Waals surface area contributed by atoms with Crippen molar-refractivity contribution in [3.05, 3.63) is 0 Å². The van der Waals surface area contributed by atoms with Gasteiger partial charge in [0.2, 0.25) is 6.69 Å². The molecule has 7 heavy (non-hydrogen) atoms. The highest BCUT2D eigenvalue weighted by Crippen LogP contribution is 1.73. The van der Waals surface area contributed by atoms with Crippen LogP contribution in [0, 0.1) is 0 Å². The van der Waals surface area contributed by atoms with Gasteiger partial charge >= 0.3 is 0 Å². The molecule has 44 valence electrons. The van der Waals surface area contributed by atoms with Crippen LogP contribution in [0.1, 0.15) is 13.8 Å². The molecule has 0 aromatic heterocycles. The van der Waals surface area contributed by atoms with Crippen molar-refractivity contribution in [2.75, 3.05) is 6.61 Å². The van der Waals surface area contributed by atoms with E-state index in [1.165, 1.54) is 0 Å². The third-order valence-electron chi connectivity index (χ3n) is 0.189. The number of rotatable bonds is 1. The molecule has 0 bridgehead atoms. The molecule has 0 amide bonds. The molecule has 0 atom stereocenters. The fourth-order valence-corrected chi connectivity index (χ4v) is 0. The van der Waals surface area contributed by atoms with Crippen molar-refractivity contribution in [1.82, 2.24) is 0 Å². The maximum atomic E-state index is 7.57. The number of hydrogen-bond acceptors (Lipinski definition) is 1. The minimum absolute atomic E-state index is 0.250. The molecule has 0 unspecified atom stereocenters. The summed E-state index contributed by atoms with van der Waals surface area (Å²) < 4.78 is 0. The quantitative estimate of drug-likeness (QED) is 0.515. The lowest BCUT2D eigenvalue weighted by Crippen LogP contribution is -1.61. The molecule has 0 aliphatic carbocycles. The summed E-state index contributed by atoms with van der Waals surface area (Å²) in [5.74, 6) is 0. The van der Waals surface area contributed by atoms with Crippen LogP contribution in [-0.4, -0.2) is 18.4 Å². The molecular formula is C4H12BClO. The second kappa shape index (κ2) is 16.2. The van der Waals surface area contributed by atoms with Crippen LogP contribution < -0.4 is 0 Å². The van der Waals surface area contributed by atoms with Crippen LogP contribution in [0.25, 0.3) is 0 Å². The molecule has 1 N–H and O–H groups in total. The van der Waals surface area contributed by atoms with Crippen LogP contribution in [0.15, 0.2) is 0 Å². The Labute approximate surface area is 50.8 Å². The van der Waals surface area contributed by atoms with E-state index >= 15 is 0 Å². The first-order valence-electron chi connectivity index (χ1n) is 2.50. The van der Waals surface area contributed by atoms with E-state index < -0.39 is 0 Å². The van der Waals surface area contributed by atoms with Crippen molar-refractivity contribution in [3.63, 3.8) is 0 Å². The van der Waals surface area contributed by atoms with Gasteiger partial charge in [-0.1, -0.05) is 13.2 Å². The van der Waals surface area contributed by atoms with Crippen molar-refractivity contribution in [2.45, 2.75) is 20.2 Å². The smallest absolute Gasteiger partial charge is 0.232 e. The Morgan fingerprint density at radius 3 is 1.71 bits per heavy atom. The molecule has 0 saturated heterocycles. The predicted molar refractivity (Wildman–Crippen MR) is 36.2 cm³/mol. The van der Waals surface area contributed by atoms with Gasteiger partial charge in [-0.2, -0.15) is 0 Å². The molecule has 1 nitrogen and oxygen atoms in total. The summed E-state index contributed by atoms with van der Waals surface area (Å²) >= 11 is 5.19. The maximum Gasteiger partial charge on any atom is 0.232 e. The van der Waals surface area contributed by atoms with Gasteiger partial charge in [-0.05, 0) is 6.92 Å². The SMILES string of the molecule is CCBCl.CCO. The Morgan fingerprint density at radius 2 is 1.71 bits per heavy atom. The highest BCUT2D eigenvalue weighted by molar-refractivity contribution is 6.93. The lowest BCUT2D eigenvalue weighted by Gasteiger charge is -1.60. The van der Waals surface area contributed by atoms with Gasteiger partial charge < -0.3 is 5.11 Å². The van der Waals surface area contributed by atoms with Crippen molar-refractivity contribution in [2.24, 2.45) is 0 Å². The van der Waals surface area contributed by atoms with E-state index in [1.807, 2.05) is 6.92 Å². The van der Waals surface area contributed by atoms with Crippen LogP contribution in [0.4, 0.5) is 0 Å². The van der Waals surface area contributed by atoms with Gasteiger partial charge in [-0.25, -0.2) is 11.5 Å². The normalized spacial score (nSPS) is 6.29. The first kappa shape index (κ1) is 10.3. The highest BCUT2D eigenvalue weighted by Gasteiger charge is 1.65. The molecule has 0 aromatic rings. The predicted octanol–water partition coefficient (Wildman–Crippen LogP) is 1.01. The van der Waals surface area contributed by atoms with Gasteiger partial charge in [0.25, 0.3) is 0 Å². The van der Waals surface area contributed by atoms with E-state index in [-0.39, 0.29) is 6.61 Å². The average molecular weight is 122 g/mol. The number of halogens is 1. The first-order valence-corrected chi connectivity index (χ1v) is 3.03. The number of aliphatic hydroxyl groups excluding tert-OH is 1.